The maximum absolute atomic E-state index is 12.9. The van der Waals surface area contributed by atoms with Crippen LogP contribution in [-0.2, 0) is 11.3 Å². The lowest BCUT2D eigenvalue weighted by molar-refractivity contribution is -0.135. The number of carbonyl (C=O) groups is 1. The third-order valence-electron chi connectivity index (χ3n) is 4.96. The Morgan fingerprint density at radius 3 is 2.85 bits per heavy atom. The van der Waals surface area contributed by atoms with Gasteiger partial charge in [0.25, 0.3) is 0 Å². The summed E-state index contributed by atoms with van der Waals surface area (Å²) in [5.41, 5.74) is 3.72. The summed E-state index contributed by atoms with van der Waals surface area (Å²) >= 11 is 0. The Morgan fingerprint density at radius 1 is 1.15 bits per heavy atom. The van der Waals surface area contributed by atoms with Gasteiger partial charge in [-0.05, 0) is 45.2 Å². The molecule has 0 aliphatic carbocycles. The molecule has 0 spiro atoms. The number of aryl methyl sites for hydroxylation is 3. The van der Waals surface area contributed by atoms with Gasteiger partial charge in [-0.2, -0.15) is 10.2 Å². The summed E-state index contributed by atoms with van der Waals surface area (Å²) in [4.78, 5) is 19.6. The van der Waals surface area contributed by atoms with Crippen molar-refractivity contribution in [2.45, 2.75) is 52.1 Å². The van der Waals surface area contributed by atoms with Gasteiger partial charge >= 0.3 is 0 Å². The Labute approximate surface area is 152 Å². The summed E-state index contributed by atoms with van der Waals surface area (Å²) in [7, 11) is 0. The highest BCUT2D eigenvalue weighted by Gasteiger charge is 2.29. The van der Waals surface area contributed by atoms with Gasteiger partial charge in [-0.15, -0.1) is 0 Å². The molecule has 1 amide bonds. The van der Waals surface area contributed by atoms with E-state index < -0.39 is 0 Å². The molecule has 3 aromatic rings. The molecule has 1 aliphatic heterocycles. The first kappa shape index (κ1) is 16.8. The lowest BCUT2D eigenvalue weighted by Gasteiger charge is -2.35. The van der Waals surface area contributed by atoms with Gasteiger partial charge in [0.1, 0.15) is 0 Å². The molecule has 1 unspecified atom stereocenters. The Morgan fingerprint density at radius 2 is 2.04 bits per heavy atom. The second kappa shape index (κ2) is 6.90. The average Bonchev–Trinajstić information content (AvgIpc) is 3.23. The number of fused-ring (bicyclic) bond motifs is 1. The van der Waals surface area contributed by atoms with Crippen molar-refractivity contribution in [2.75, 3.05) is 6.54 Å². The summed E-state index contributed by atoms with van der Waals surface area (Å²) in [6.07, 6.45) is 7.46. The molecule has 0 aromatic carbocycles. The molecule has 0 radical (unpaired) electrons. The minimum Gasteiger partial charge on any atom is -0.334 e. The number of carbonyl (C=O) groups excluding carboxylic acids is 1. The highest BCUT2D eigenvalue weighted by Crippen LogP contribution is 2.30. The summed E-state index contributed by atoms with van der Waals surface area (Å²) in [6.45, 7) is 5.33. The van der Waals surface area contributed by atoms with Crippen LogP contribution < -0.4 is 0 Å². The number of hydrogen-bond donors (Lipinski definition) is 0. The van der Waals surface area contributed by atoms with E-state index in [0.29, 0.717) is 13.0 Å². The van der Waals surface area contributed by atoms with Crippen molar-refractivity contribution in [3.63, 3.8) is 0 Å². The van der Waals surface area contributed by atoms with Crippen LogP contribution >= 0.6 is 0 Å². The fourth-order valence-electron chi connectivity index (χ4n) is 3.68. The van der Waals surface area contributed by atoms with Crippen LogP contribution in [0.2, 0.25) is 0 Å². The highest BCUT2D eigenvalue weighted by molar-refractivity contribution is 5.76. The molecule has 1 fully saturated rings. The van der Waals surface area contributed by atoms with Crippen LogP contribution in [0, 0.1) is 13.8 Å². The van der Waals surface area contributed by atoms with Crippen molar-refractivity contribution < 1.29 is 4.79 Å². The van der Waals surface area contributed by atoms with E-state index in [-0.39, 0.29) is 11.9 Å². The zero-order chi connectivity index (χ0) is 18.1. The Hall–Kier alpha value is -2.70. The molecular formula is C19H24N6O. The Bertz CT molecular complexity index is 927. The lowest BCUT2D eigenvalue weighted by Crippen LogP contribution is -2.39. The molecular weight excluding hydrogens is 328 g/mol. The van der Waals surface area contributed by atoms with Gasteiger partial charge in [0.15, 0.2) is 5.65 Å². The van der Waals surface area contributed by atoms with Crippen LogP contribution in [0.3, 0.4) is 0 Å². The van der Waals surface area contributed by atoms with Gasteiger partial charge in [0.05, 0.1) is 23.1 Å². The largest absolute Gasteiger partial charge is 0.334 e. The highest BCUT2D eigenvalue weighted by atomic mass is 16.2. The quantitative estimate of drug-likeness (QED) is 0.724. The van der Waals surface area contributed by atoms with Crippen LogP contribution in [0.25, 0.3) is 5.65 Å². The number of likely N-dealkylation sites (tertiary alicyclic amines) is 1. The van der Waals surface area contributed by atoms with Crippen LogP contribution in [0.5, 0.6) is 0 Å². The molecule has 0 N–H and O–H groups in total. The first-order valence-corrected chi connectivity index (χ1v) is 9.22. The van der Waals surface area contributed by atoms with E-state index in [4.69, 9.17) is 4.98 Å². The smallest absolute Gasteiger partial charge is 0.224 e. The molecule has 136 valence electrons. The molecule has 0 bridgehead atoms. The van der Waals surface area contributed by atoms with Gasteiger partial charge in [-0.25, -0.2) is 9.50 Å². The van der Waals surface area contributed by atoms with Crippen molar-refractivity contribution in [3.05, 3.63) is 47.7 Å². The van der Waals surface area contributed by atoms with Crippen molar-refractivity contribution in [1.82, 2.24) is 29.3 Å². The third kappa shape index (κ3) is 3.34. The van der Waals surface area contributed by atoms with E-state index in [1.165, 1.54) is 0 Å². The maximum Gasteiger partial charge on any atom is 0.224 e. The Kier molecular flexibility index (Phi) is 4.44. The normalized spacial score (nSPS) is 17.8. The van der Waals surface area contributed by atoms with Crippen LogP contribution in [0.15, 0.2) is 30.6 Å². The molecule has 4 rings (SSSR count). The van der Waals surface area contributed by atoms with Crippen molar-refractivity contribution in [3.8, 4) is 0 Å². The third-order valence-corrected chi connectivity index (χ3v) is 4.96. The summed E-state index contributed by atoms with van der Waals surface area (Å²) in [6, 6.07) is 5.97. The van der Waals surface area contributed by atoms with E-state index in [1.807, 2.05) is 54.0 Å². The molecule has 1 aliphatic rings. The monoisotopic (exact) mass is 352 g/mol. The number of hydrogen-bond acceptors (Lipinski definition) is 4. The second-order valence-corrected chi connectivity index (χ2v) is 7.01. The minimum atomic E-state index is 0.0517. The molecule has 4 heterocycles. The first-order chi connectivity index (χ1) is 12.6. The number of nitrogens with zero attached hydrogens (tertiary/aromatic N) is 6. The number of piperidine rings is 1. The van der Waals surface area contributed by atoms with E-state index in [1.54, 1.807) is 4.52 Å². The number of rotatable bonds is 4. The maximum atomic E-state index is 12.9. The summed E-state index contributed by atoms with van der Waals surface area (Å²) in [5, 5.41) is 8.75. The van der Waals surface area contributed by atoms with Crippen LogP contribution in [-0.4, -0.2) is 41.7 Å². The van der Waals surface area contributed by atoms with Gasteiger partial charge < -0.3 is 4.90 Å². The molecule has 26 heavy (non-hydrogen) atoms. The van der Waals surface area contributed by atoms with Crippen molar-refractivity contribution in [1.29, 1.82) is 0 Å². The minimum absolute atomic E-state index is 0.0517. The van der Waals surface area contributed by atoms with Gasteiger partial charge in [0.2, 0.25) is 5.91 Å². The van der Waals surface area contributed by atoms with Gasteiger partial charge in [-0.3, -0.25) is 9.48 Å². The molecule has 7 nitrogen and oxygen atoms in total. The molecule has 0 saturated carbocycles. The fourth-order valence-corrected chi connectivity index (χ4v) is 3.68. The molecule has 1 saturated heterocycles. The van der Waals surface area contributed by atoms with Crippen LogP contribution in [0.1, 0.15) is 48.8 Å². The van der Waals surface area contributed by atoms with Gasteiger partial charge in [0, 0.05) is 38.0 Å². The predicted octanol–water partition coefficient (Wildman–Crippen LogP) is 2.69. The summed E-state index contributed by atoms with van der Waals surface area (Å²) < 4.78 is 3.62. The zero-order valence-electron chi connectivity index (χ0n) is 15.3. The number of amides is 1. The van der Waals surface area contributed by atoms with E-state index in [9.17, 15) is 4.79 Å². The van der Waals surface area contributed by atoms with Crippen molar-refractivity contribution in [2.24, 2.45) is 0 Å². The van der Waals surface area contributed by atoms with Crippen LogP contribution in [0.4, 0.5) is 0 Å². The van der Waals surface area contributed by atoms with Crippen molar-refractivity contribution >= 4 is 11.6 Å². The first-order valence-electron chi connectivity index (χ1n) is 9.22. The number of aromatic nitrogens is 5. The van der Waals surface area contributed by atoms with E-state index in [2.05, 4.69) is 10.2 Å². The second-order valence-electron chi connectivity index (χ2n) is 7.01. The SMILES string of the molecule is Cc1ccn(CCC(=O)N2CCCCC2c2ccn3nc(C)cc3n2)n1. The fraction of sp³-hybridized carbons (Fsp3) is 0.474. The van der Waals surface area contributed by atoms with E-state index >= 15 is 0 Å². The zero-order valence-corrected chi connectivity index (χ0v) is 15.3. The topological polar surface area (TPSA) is 68.3 Å². The standard InChI is InChI=1S/C19H24N6O/c1-14-6-10-23(21-14)11-8-19(26)24-9-4-3-5-17(24)16-7-12-25-18(20-16)13-15(2)22-25/h6-7,10,12-13,17H,3-5,8-9,11H2,1-2H3. The lowest BCUT2D eigenvalue weighted by atomic mass is 9.98. The predicted molar refractivity (Wildman–Crippen MR) is 97.6 cm³/mol. The Balaban J connectivity index is 1.51. The van der Waals surface area contributed by atoms with Gasteiger partial charge in [-0.1, -0.05) is 0 Å². The molecule has 3 aromatic heterocycles. The molecule has 1 atom stereocenters. The summed E-state index contributed by atoms with van der Waals surface area (Å²) in [5.74, 6) is 0.175. The van der Waals surface area contributed by atoms with E-state index in [0.717, 1.165) is 48.5 Å². The molecule has 7 heteroatoms. The average molecular weight is 352 g/mol.